The number of hydrogen-bond acceptors (Lipinski definition) is 5. The summed E-state index contributed by atoms with van der Waals surface area (Å²) in [6.07, 6.45) is 7.08. The molecule has 1 aliphatic heterocycles. The molecule has 0 amide bonds. The van der Waals surface area contributed by atoms with Crippen molar-refractivity contribution in [2.75, 3.05) is 0 Å². The highest BCUT2D eigenvalue weighted by Gasteiger charge is 2.50. The number of rotatable bonds is 8. The average Bonchev–Trinajstić information content (AvgIpc) is 3.16. The van der Waals surface area contributed by atoms with Crippen LogP contribution in [0, 0.1) is 11.8 Å². The molecule has 0 aromatic heterocycles. The highest BCUT2D eigenvalue weighted by molar-refractivity contribution is 5.90. The van der Waals surface area contributed by atoms with Gasteiger partial charge >= 0.3 is 11.9 Å². The van der Waals surface area contributed by atoms with E-state index in [4.69, 9.17) is 9.47 Å². The molecule has 0 radical (unpaired) electrons. The topological polar surface area (TPSA) is 69.7 Å². The predicted octanol–water partition coefficient (Wildman–Crippen LogP) is 3.87. The quantitative estimate of drug-likeness (QED) is 0.395. The van der Waals surface area contributed by atoms with Crippen molar-refractivity contribution in [2.45, 2.75) is 57.7 Å². The third-order valence-corrected chi connectivity index (χ3v) is 5.35. The summed E-state index contributed by atoms with van der Waals surface area (Å²) in [6.45, 7) is 2.10. The Hall–Kier alpha value is -2.43. The second kappa shape index (κ2) is 8.98. The second-order valence-electron chi connectivity index (χ2n) is 7.30. The van der Waals surface area contributed by atoms with Crippen LogP contribution in [0.2, 0.25) is 0 Å². The maximum absolute atomic E-state index is 12.4. The second-order valence-corrected chi connectivity index (χ2v) is 7.30. The molecule has 2 aliphatic rings. The molecule has 1 heterocycles. The van der Waals surface area contributed by atoms with E-state index in [1.165, 1.54) is 0 Å². The van der Waals surface area contributed by atoms with Crippen LogP contribution in [0.5, 0.6) is 0 Å². The van der Waals surface area contributed by atoms with Crippen LogP contribution in [0.1, 0.15) is 55.8 Å². The van der Waals surface area contributed by atoms with Crippen molar-refractivity contribution in [3.8, 4) is 0 Å². The molecule has 1 aromatic rings. The highest BCUT2D eigenvalue weighted by atomic mass is 16.6. The van der Waals surface area contributed by atoms with Gasteiger partial charge in [-0.05, 0) is 24.6 Å². The van der Waals surface area contributed by atoms with E-state index >= 15 is 0 Å². The Kier molecular flexibility index (Phi) is 6.43. The molecule has 2 fully saturated rings. The number of ether oxygens (including phenoxy) is 2. The number of esters is 2. The van der Waals surface area contributed by atoms with Gasteiger partial charge in [-0.1, -0.05) is 44.0 Å². The first-order valence-electron chi connectivity index (χ1n) is 9.75. The summed E-state index contributed by atoms with van der Waals surface area (Å²) in [5, 5.41) is 0. The summed E-state index contributed by atoms with van der Waals surface area (Å²) in [6, 6.07) is 8.83. The monoisotopic (exact) mass is 370 g/mol. The zero-order valence-corrected chi connectivity index (χ0v) is 15.6. The SMILES string of the molecule is CCCCCC(=O)/C=C/[C@H]1C(OC(=O)c2ccccc2)CC2OC(=O)CC21. The molecule has 144 valence electrons. The minimum Gasteiger partial charge on any atom is -0.462 e. The van der Waals surface area contributed by atoms with Gasteiger partial charge in [0.1, 0.15) is 12.2 Å². The lowest BCUT2D eigenvalue weighted by Gasteiger charge is -2.20. The number of ketones is 1. The van der Waals surface area contributed by atoms with Gasteiger partial charge in [0.2, 0.25) is 0 Å². The summed E-state index contributed by atoms with van der Waals surface area (Å²) in [7, 11) is 0. The number of carbonyl (C=O) groups is 3. The van der Waals surface area contributed by atoms with E-state index in [2.05, 4.69) is 6.92 Å². The van der Waals surface area contributed by atoms with Crippen molar-refractivity contribution in [1.29, 1.82) is 0 Å². The van der Waals surface area contributed by atoms with E-state index in [1.807, 2.05) is 12.1 Å². The molecule has 5 nitrogen and oxygen atoms in total. The number of hydrogen-bond donors (Lipinski definition) is 0. The Bertz CT molecular complexity index is 709. The normalized spacial score (nSPS) is 26.8. The van der Waals surface area contributed by atoms with E-state index in [1.54, 1.807) is 30.3 Å². The Morgan fingerprint density at radius 2 is 2.00 bits per heavy atom. The molecular formula is C22H26O5. The first kappa shape index (κ1) is 19.3. The number of carbonyl (C=O) groups excluding carboxylic acids is 3. The lowest BCUT2D eigenvalue weighted by atomic mass is 9.91. The molecule has 0 spiro atoms. The molecular weight excluding hydrogens is 344 g/mol. The smallest absolute Gasteiger partial charge is 0.338 e. The molecule has 3 unspecified atom stereocenters. The summed E-state index contributed by atoms with van der Waals surface area (Å²) in [5.41, 5.74) is 0.491. The van der Waals surface area contributed by atoms with Gasteiger partial charge in [-0.2, -0.15) is 0 Å². The van der Waals surface area contributed by atoms with Crippen molar-refractivity contribution in [2.24, 2.45) is 11.8 Å². The third kappa shape index (κ3) is 4.85. The molecule has 1 aliphatic carbocycles. The average molecular weight is 370 g/mol. The Labute approximate surface area is 159 Å². The summed E-state index contributed by atoms with van der Waals surface area (Å²) < 4.78 is 11.1. The maximum Gasteiger partial charge on any atom is 0.338 e. The fraction of sp³-hybridized carbons (Fsp3) is 0.500. The Balaban J connectivity index is 1.67. The lowest BCUT2D eigenvalue weighted by molar-refractivity contribution is -0.141. The van der Waals surface area contributed by atoms with Gasteiger partial charge in [0.15, 0.2) is 5.78 Å². The molecule has 0 bridgehead atoms. The van der Waals surface area contributed by atoms with Gasteiger partial charge < -0.3 is 9.47 Å². The minimum absolute atomic E-state index is 0.0363. The van der Waals surface area contributed by atoms with Gasteiger partial charge in [-0.15, -0.1) is 0 Å². The van der Waals surface area contributed by atoms with Gasteiger partial charge in [0, 0.05) is 24.7 Å². The van der Waals surface area contributed by atoms with Crippen molar-refractivity contribution in [3.63, 3.8) is 0 Å². The summed E-state index contributed by atoms with van der Waals surface area (Å²) in [5.74, 6) is -0.745. The molecule has 0 N–H and O–H groups in total. The molecule has 1 saturated carbocycles. The molecule has 1 aromatic carbocycles. The number of benzene rings is 1. The van der Waals surface area contributed by atoms with Crippen LogP contribution in [0.15, 0.2) is 42.5 Å². The lowest BCUT2D eigenvalue weighted by Crippen LogP contribution is -2.24. The molecule has 3 rings (SSSR count). The Morgan fingerprint density at radius 1 is 1.22 bits per heavy atom. The van der Waals surface area contributed by atoms with Crippen LogP contribution >= 0.6 is 0 Å². The van der Waals surface area contributed by atoms with Crippen molar-refractivity contribution >= 4 is 17.7 Å². The van der Waals surface area contributed by atoms with Crippen molar-refractivity contribution < 1.29 is 23.9 Å². The summed E-state index contributed by atoms with van der Waals surface area (Å²) >= 11 is 0. The van der Waals surface area contributed by atoms with E-state index in [9.17, 15) is 14.4 Å². The Morgan fingerprint density at radius 3 is 2.74 bits per heavy atom. The number of allylic oxidation sites excluding steroid dienone is 1. The first-order valence-corrected chi connectivity index (χ1v) is 9.75. The van der Waals surface area contributed by atoms with E-state index in [0.29, 0.717) is 24.8 Å². The predicted molar refractivity (Wildman–Crippen MR) is 100 cm³/mol. The fourth-order valence-electron chi connectivity index (χ4n) is 3.92. The van der Waals surface area contributed by atoms with Crippen LogP contribution in [-0.4, -0.2) is 29.9 Å². The van der Waals surface area contributed by atoms with E-state index in [0.717, 1.165) is 19.3 Å². The fourth-order valence-corrected chi connectivity index (χ4v) is 3.92. The van der Waals surface area contributed by atoms with Gasteiger partial charge in [0.25, 0.3) is 0 Å². The van der Waals surface area contributed by atoms with Crippen LogP contribution in [-0.2, 0) is 19.1 Å². The molecule has 27 heavy (non-hydrogen) atoms. The van der Waals surface area contributed by atoms with Crippen LogP contribution < -0.4 is 0 Å². The van der Waals surface area contributed by atoms with Crippen LogP contribution in [0.25, 0.3) is 0 Å². The third-order valence-electron chi connectivity index (χ3n) is 5.35. The van der Waals surface area contributed by atoms with Crippen LogP contribution in [0.3, 0.4) is 0 Å². The molecule has 5 heteroatoms. The van der Waals surface area contributed by atoms with Crippen molar-refractivity contribution in [1.82, 2.24) is 0 Å². The summed E-state index contributed by atoms with van der Waals surface area (Å²) in [4.78, 5) is 36.2. The van der Waals surface area contributed by atoms with Gasteiger partial charge in [-0.3, -0.25) is 9.59 Å². The number of unbranched alkanes of at least 4 members (excludes halogenated alkanes) is 2. The first-order chi connectivity index (χ1) is 13.1. The largest absolute Gasteiger partial charge is 0.462 e. The van der Waals surface area contributed by atoms with E-state index in [-0.39, 0.29) is 41.8 Å². The zero-order chi connectivity index (χ0) is 19.2. The zero-order valence-electron chi connectivity index (χ0n) is 15.6. The highest BCUT2D eigenvalue weighted by Crippen LogP contribution is 2.43. The van der Waals surface area contributed by atoms with Gasteiger partial charge in [0.05, 0.1) is 12.0 Å². The standard InChI is InChI=1S/C22H26O5/c1-2-3-5-10-16(23)11-12-17-18-13-21(24)26-20(18)14-19(17)27-22(25)15-8-6-4-7-9-15/h4,6-9,11-12,17-20H,2-3,5,10,13-14H2,1H3/b12-11+/t17-,18?,19?,20?/m1/s1. The maximum atomic E-state index is 12.4. The molecule has 4 atom stereocenters. The minimum atomic E-state index is -0.389. The van der Waals surface area contributed by atoms with Gasteiger partial charge in [-0.25, -0.2) is 4.79 Å². The van der Waals surface area contributed by atoms with Crippen LogP contribution in [0.4, 0.5) is 0 Å². The number of fused-ring (bicyclic) bond motifs is 1. The van der Waals surface area contributed by atoms with Crippen molar-refractivity contribution in [3.05, 3.63) is 48.0 Å². The van der Waals surface area contributed by atoms with E-state index < -0.39 is 0 Å². The molecule has 1 saturated heterocycles.